The molecule has 80 valence electrons. The Kier molecular flexibility index (Phi) is 2.34. The van der Waals surface area contributed by atoms with Crippen LogP contribution in [-0.4, -0.2) is 19.5 Å². The first-order valence-electron chi connectivity index (χ1n) is 4.69. The van der Waals surface area contributed by atoms with Crippen molar-refractivity contribution >= 4 is 34.1 Å². The molecule has 3 aromatic rings. The molecule has 0 saturated heterocycles. The van der Waals surface area contributed by atoms with Crippen molar-refractivity contribution in [1.29, 1.82) is 0 Å². The van der Waals surface area contributed by atoms with Crippen LogP contribution in [0, 0.1) is 0 Å². The molecule has 0 N–H and O–H groups in total. The van der Waals surface area contributed by atoms with Gasteiger partial charge in [0.1, 0.15) is 15.7 Å². The molecule has 0 unspecified atom stereocenters. The molecule has 0 bridgehead atoms. The first kappa shape index (κ1) is 9.74. The van der Waals surface area contributed by atoms with E-state index < -0.39 is 0 Å². The summed E-state index contributed by atoms with van der Waals surface area (Å²) in [5.41, 5.74) is 1.64. The van der Waals surface area contributed by atoms with Crippen molar-refractivity contribution in [3.05, 3.63) is 40.2 Å². The molecule has 0 saturated carbocycles. The molecule has 0 fully saturated rings. The Labute approximate surface area is 101 Å². The number of halogens is 1. The SMILES string of the molecule is Clc1cnc2ccn(Cc3nccs3)c2n1. The highest BCUT2D eigenvalue weighted by molar-refractivity contribution is 7.09. The highest BCUT2D eigenvalue weighted by Crippen LogP contribution is 2.16. The Balaban J connectivity index is 2.07. The molecule has 0 atom stereocenters. The van der Waals surface area contributed by atoms with Crippen LogP contribution in [0.5, 0.6) is 0 Å². The van der Waals surface area contributed by atoms with Crippen LogP contribution in [0.3, 0.4) is 0 Å². The third-order valence-electron chi connectivity index (χ3n) is 2.23. The average Bonchev–Trinajstić information content (AvgIpc) is 2.90. The predicted octanol–water partition coefficient (Wildman–Crippen LogP) is 2.59. The number of hydrogen-bond donors (Lipinski definition) is 0. The van der Waals surface area contributed by atoms with E-state index in [1.807, 2.05) is 22.2 Å². The topological polar surface area (TPSA) is 43.6 Å². The summed E-state index contributed by atoms with van der Waals surface area (Å²) >= 11 is 7.45. The van der Waals surface area contributed by atoms with Gasteiger partial charge in [-0.25, -0.2) is 15.0 Å². The number of hydrogen-bond acceptors (Lipinski definition) is 4. The molecule has 6 heteroatoms. The summed E-state index contributed by atoms with van der Waals surface area (Å²) in [5.74, 6) is 0. The van der Waals surface area contributed by atoms with E-state index in [0.29, 0.717) is 11.7 Å². The minimum atomic E-state index is 0.409. The fourth-order valence-electron chi connectivity index (χ4n) is 1.53. The van der Waals surface area contributed by atoms with Gasteiger partial charge in [-0.2, -0.15) is 0 Å². The van der Waals surface area contributed by atoms with Crippen LogP contribution in [0.4, 0.5) is 0 Å². The number of nitrogens with zero attached hydrogens (tertiary/aromatic N) is 4. The van der Waals surface area contributed by atoms with Gasteiger partial charge >= 0.3 is 0 Å². The van der Waals surface area contributed by atoms with Crippen LogP contribution >= 0.6 is 22.9 Å². The zero-order chi connectivity index (χ0) is 11.0. The molecule has 0 aliphatic rings. The minimum absolute atomic E-state index is 0.409. The fourth-order valence-corrected chi connectivity index (χ4v) is 2.28. The molecule has 16 heavy (non-hydrogen) atoms. The van der Waals surface area contributed by atoms with Gasteiger partial charge in [0.15, 0.2) is 5.65 Å². The van der Waals surface area contributed by atoms with Crippen LogP contribution in [-0.2, 0) is 6.54 Å². The van der Waals surface area contributed by atoms with E-state index in [1.165, 1.54) is 0 Å². The van der Waals surface area contributed by atoms with E-state index >= 15 is 0 Å². The molecule has 3 aromatic heterocycles. The van der Waals surface area contributed by atoms with E-state index in [2.05, 4.69) is 15.0 Å². The van der Waals surface area contributed by atoms with Gasteiger partial charge in [-0.05, 0) is 6.07 Å². The predicted molar refractivity (Wildman–Crippen MR) is 63.8 cm³/mol. The van der Waals surface area contributed by atoms with Gasteiger partial charge in [0.2, 0.25) is 0 Å². The maximum absolute atomic E-state index is 5.83. The molecular formula is C10H7ClN4S. The molecule has 4 nitrogen and oxygen atoms in total. The highest BCUT2D eigenvalue weighted by Gasteiger charge is 2.06. The molecule has 0 amide bonds. The summed E-state index contributed by atoms with van der Waals surface area (Å²) in [6.07, 6.45) is 5.30. The highest BCUT2D eigenvalue weighted by atomic mass is 35.5. The maximum Gasteiger partial charge on any atom is 0.160 e. The van der Waals surface area contributed by atoms with Crippen LogP contribution in [0.15, 0.2) is 30.0 Å². The van der Waals surface area contributed by atoms with Crippen LogP contribution < -0.4 is 0 Å². The van der Waals surface area contributed by atoms with E-state index in [9.17, 15) is 0 Å². The van der Waals surface area contributed by atoms with Crippen molar-refractivity contribution in [1.82, 2.24) is 19.5 Å². The Morgan fingerprint density at radius 1 is 1.38 bits per heavy atom. The zero-order valence-corrected chi connectivity index (χ0v) is 9.74. The van der Waals surface area contributed by atoms with Crippen molar-refractivity contribution < 1.29 is 0 Å². The van der Waals surface area contributed by atoms with Gasteiger partial charge in [0, 0.05) is 17.8 Å². The monoisotopic (exact) mass is 250 g/mol. The summed E-state index contributed by atoms with van der Waals surface area (Å²) < 4.78 is 1.99. The van der Waals surface area contributed by atoms with Crippen LogP contribution in [0.2, 0.25) is 5.15 Å². The summed E-state index contributed by atoms with van der Waals surface area (Å²) in [5, 5.41) is 3.41. The molecule has 3 rings (SSSR count). The molecule has 3 heterocycles. The van der Waals surface area contributed by atoms with Gasteiger partial charge in [-0.3, -0.25) is 0 Å². The average molecular weight is 251 g/mol. The van der Waals surface area contributed by atoms with Gasteiger partial charge in [-0.15, -0.1) is 11.3 Å². The van der Waals surface area contributed by atoms with Gasteiger partial charge in [-0.1, -0.05) is 11.6 Å². The first-order valence-corrected chi connectivity index (χ1v) is 5.94. The summed E-state index contributed by atoms with van der Waals surface area (Å²) in [7, 11) is 0. The molecule has 0 aliphatic carbocycles. The molecule has 0 aliphatic heterocycles. The van der Waals surface area contributed by atoms with E-state index in [0.717, 1.165) is 16.2 Å². The van der Waals surface area contributed by atoms with Crippen LogP contribution in [0.25, 0.3) is 11.2 Å². The lowest BCUT2D eigenvalue weighted by molar-refractivity contribution is 0.816. The Bertz CT molecular complexity index is 617. The number of aromatic nitrogens is 4. The number of thiazole rings is 1. The second-order valence-corrected chi connectivity index (χ2v) is 4.64. The largest absolute Gasteiger partial charge is 0.324 e. The normalized spacial score (nSPS) is 11.1. The van der Waals surface area contributed by atoms with Crippen molar-refractivity contribution in [3.8, 4) is 0 Å². The van der Waals surface area contributed by atoms with Crippen molar-refractivity contribution in [2.24, 2.45) is 0 Å². The van der Waals surface area contributed by atoms with Gasteiger partial charge in [0.05, 0.1) is 12.7 Å². The van der Waals surface area contributed by atoms with Crippen molar-refractivity contribution in [3.63, 3.8) is 0 Å². The van der Waals surface area contributed by atoms with E-state index in [-0.39, 0.29) is 0 Å². The van der Waals surface area contributed by atoms with Gasteiger partial charge in [0.25, 0.3) is 0 Å². The second-order valence-electron chi connectivity index (χ2n) is 3.27. The van der Waals surface area contributed by atoms with E-state index in [1.54, 1.807) is 23.7 Å². The smallest absolute Gasteiger partial charge is 0.160 e. The second kappa shape index (κ2) is 3.84. The maximum atomic E-state index is 5.83. The summed E-state index contributed by atoms with van der Waals surface area (Å²) in [6, 6.07) is 1.92. The van der Waals surface area contributed by atoms with E-state index in [4.69, 9.17) is 11.6 Å². The minimum Gasteiger partial charge on any atom is -0.324 e. The summed E-state index contributed by atoms with van der Waals surface area (Å²) in [4.78, 5) is 12.7. The van der Waals surface area contributed by atoms with Crippen molar-refractivity contribution in [2.75, 3.05) is 0 Å². The lowest BCUT2D eigenvalue weighted by Crippen LogP contribution is -1.99. The Morgan fingerprint density at radius 3 is 3.12 bits per heavy atom. The van der Waals surface area contributed by atoms with Crippen LogP contribution in [0.1, 0.15) is 5.01 Å². The molecule has 0 spiro atoms. The molecule has 0 aromatic carbocycles. The molecular weight excluding hydrogens is 244 g/mol. The lowest BCUT2D eigenvalue weighted by Gasteiger charge is -2.01. The quantitative estimate of drug-likeness (QED) is 0.702. The third kappa shape index (κ3) is 1.68. The third-order valence-corrected chi connectivity index (χ3v) is 3.17. The number of fused-ring (bicyclic) bond motifs is 1. The van der Waals surface area contributed by atoms with Gasteiger partial charge < -0.3 is 4.57 Å². The zero-order valence-electron chi connectivity index (χ0n) is 8.17. The Hall–Kier alpha value is -1.46. The molecule has 0 radical (unpaired) electrons. The summed E-state index contributed by atoms with van der Waals surface area (Å²) in [6.45, 7) is 0.705. The fraction of sp³-hybridized carbons (Fsp3) is 0.100. The lowest BCUT2D eigenvalue weighted by atomic mass is 10.5. The first-order chi connectivity index (χ1) is 7.83. The Morgan fingerprint density at radius 2 is 2.31 bits per heavy atom. The number of rotatable bonds is 2. The van der Waals surface area contributed by atoms with Crippen molar-refractivity contribution in [2.45, 2.75) is 6.54 Å². The standard InChI is InChI=1S/C10H7ClN4S/c11-8-5-13-7-1-3-15(10(7)14-8)6-9-12-2-4-16-9/h1-5H,6H2.